The molecule has 0 aliphatic heterocycles. The molecule has 0 saturated heterocycles. The highest BCUT2D eigenvalue weighted by molar-refractivity contribution is 8.01. The van der Waals surface area contributed by atoms with Gasteiger partial charge in [-0.15, -0.1) is 0 Å². The van der Waals surface area contributed by atoms with Gasteiger partial charge in [-0.2, -0.15) is 0 Å². The Bertz CT molecular complexity index is 929. The summed E-state index contributed by atoms with van der Waals surface area (Å²) in [5.41, 5.74) is 0.134. The van der Waals surface area contributed by atoms with E-state index in [-0.39, 0.29) is 11.7 Å². The normalized spacial score (nSPS) is 21.9. The number of nitrogens with one attached hydrogen (secondary N) is 1. The first-order valence-electron chi connectivity index (χ1n) is 10.9. The van der Waals surface area contributed by atoms with Crippen LogP contribution in [0, 0.1) is 5.92 Å². The number of hydrogen-bond donors (Lipinski definition) is 2. The number of imidazole rings is 1. The Morgan fingerprint density at radius 3 is 2.45 bits per heavy atom. The van der Waals surface area contributed by atoms with E-state index in [4.69, 9.17) is 0 Å². The van der Waals surface area contributed by atoms with Gasteiger partial charge in [0.1, 0.15) is 5.69 Å². The van der Waals surface area contributed by atoms with Crippen LogP contribution >= 0.6 is 23.1 Å². The standard InChI is InChI=1S/C21H29N5O3S2/c1-13-7-9-15(10-8-13)26(14-5-3-4-6-14)20(29)24-19-22-12-17(30-19)31-21-23-11-16(18(27)28)25(21)2/h11-15H,3-10H2,1-2H3,(H,27,28)(H,22,24,29). The van der Waals surface area contributed by atoms with E-state index >= 15 is 0 Å². The molecular weight excluding hydrogens is 434 g/mol. The van der Waals surface area contributed by atoms with Gasteiger partial charge in [-0.1, -0.05) is 31.1 Å². The fraction of sp³-hybridized carbons (Fsp3) is 0.619. The monoisotopic (exact) mass is 463 g/mol. The number of aromatic nitrogens is 3. The van der Waals surface area contributed by atoms with E-state index in [1.807, 2.05) is 0 Å². The van der Waals surface area contributed by atoms with Crippen molar-refractivity contribution in [2.45, 2.75) is 79.7 Å². The first-order chi connectivity index (χ1) is 14.9. The van der Waals surface area contributed by atoms with Crippen molar-refractivity contribution in [3.05, 3.63) is 18.1 Å². The van der Waals surface area contributed by atoms with E-state index in [1.54, 1.807) is 13.2 Å². The minimum Gasteiger partial charge on any atom is -0.477 e. The molecule has 10 heteroatoms. The second kappa shape index (κ2) is 9.60. The zero-order chi connectivity index (χ0) is 22.0. The smallest absolute Gasteiger partial charge is 0.354 e. The van der Waals surface area contributed by atoms with Crippen molar-refractivity contribution in [2.24, 2.45) is 13.0 Å². The van der Waals surface area contributed by atoms with Crippen LogP contribution in [0.3, 0.4) is 0 Å². The summed E-state index contributed by atoms with van der Waals surface area (Å²) in [6.07, 6.45) is 12.1. The van der Waals surface area contributed by atoms with Gasteiger partial charge in [-0.05, 0) is 56.2 Å². The van der Waals surface area contributed by atoms with Gasteiger partial charge < -0.3 is 14.6 Å². The van der Waals surface area contributed by atoms with Crippen molar-refractivity contribution in [2.75, 3.05) is 5.32 Å². The SMILES string of the molecule is CC1CCC(N(C(=O)Nc2ncc(Sc3ncc(C(=O)O)n3C)s2)C2CCCC2)CC1. The van der Waals surface area contributed by atoms with Crippen LogP contribution in [0.15, 0.2) is 21.8 Å². The number of amides is 2. The molecule has 168 valence electrons. The van der Waals surface area contributed by atoms with Gasteiger partial charge in [0, 0.05) is 19.1 Å². The average molecular weight is 464 g/mol. The second-order valence-corrected chi connectivity index (χ2v) is 10.9. The summed E-state index contributed by atoms with van der Waals surface area (Å²) in [6.45, 7) is 2.30. The minimum atomic E-state index is -1.01. The van der Waals surface area contributed by atoms with E-state index in [0.29, 0.717) is 22.4 Å². The molecule has 0 unspecified atom stereocenters. The highest BCUT2D eigenvalue weighted by Gasteiger charge is 2.34. The lowest BCUT2D eigenvalue weighted by atomic mass is 9.86. The Hall–Kier alpha value is -2.07. The Morgan fingerprint density at radius 1 is 1.13 bits per heavy atom. The molecule has 2 aromatic rings. The molecule has 0 bridgehead atoms. The molecule has 8 nitrogen and oxygen atoms in total. The molecule has 2 aliphatic rings. The number of anilines is 1. The van der Waals surface area contributed by atoms with Gasteiger partial charge in [0.2, 0.25) is 0 Å². The summed E-state index contributed by atoms with van der Waals surface area (Å²) in [6, 6.07) is 0.604. The molecule has 0 atom stereocenters. The zero-order valence-corrected chi connectivity index (χ0v) is 19.5. The third kappa shape index (κ3) is 5.06. The molecule has 2 saturated carbocycles. The number of carboxylic acids is 1. The average Bonchev–Trinajstić information content (AvgIpc) is 3.47. The Labute approximate surface area is 190 Å². The highest BCUT2D eigenvalue weighted by atomic mass is 32.2. The van der Waals surface area contributed by atoms with E-state index in [1.165, 1.54) is 59.5 Å². The second-order valence-electron chi connectivity index (χ2n) is 8.57. The molecule has 2 aromatic heterocycles. The predicted octanol–water partition coefficient (Wildman–Crippen LogP) is 5.08. The molecular formula is C21H29N5O3S2. The summed E-state index contributed by atoms with van der Waals surface area (Å²) < 4.78 is 2.39. The number of carbonyl (C=O) groups excluding carboxylic acids is 1. The molecule has 2 aliphatic carbocycles. The van der Waals surface area contributed by atoms with E-state index in [9.17, 15) is 14.7 Å². The van der Waals surface area contributed by atoms with Crippen molar-refractivity contribution in [3.63, 3.8) is 0 Å². The van der Waals surface area contributed by atoms with Crippen molar-refractivity contribution < 1.29 is 14.7 Å². The van der Waals surface area contributed by atoms with Crippen molar-refractivity contribution in [1.82, 2.24) is 19.4 Å². The number of hydrogen-bond acceptors (Lipinski definition) is 6. The summed E-state index contributed by atoms with van der Waals surface area (Å²) in [7, 11) is 1.67. The van der Waals surface area contributed by atoms with Gasteiger partial charge in [0.15, 0.2) is 10.3 Å². The largest absolute Gasteiger partial charge is 0.477 e. The molecule has 2 N–H and O–H groups in total. The molecule has 2 fully saturated rings. The molecule has 0 aromatic carbocycles. The first kappa shape index (κ1) is 22.1. The third-order valence-corrected chi connectivity index (χ3v) is 8.46. The number of aromatic carboxylic acids is 1. The van der Waals surface area contributed by atoms with Crippen LogP contribution in [0.4, 0.5) is 9.93 Å². The fourth-order valence-electron chi connectivity index (χ4n) is 4.63. The highest BCUT2D eigenvalue weighted by Crippen LogP contribution is 2.36. The Kier molecular flexibility index (Phi) is 6.86. The zero-order valence-electron chi connectivity index (χ0n) is 17.9. The number of thiazole rings is 1. The molecule has 2 amide bonds. The number of urea groups is 1. The summed E-state index contributed by atoms with van der Waals surface area (Å²) in [4.78, 5) is 35.1. The topological polar surface area (TPSA) is 100 Å². The maximum Gasteiger partial charge on any atom is 0.354 e. The lowest BCUT2D eigenvalue weighted by Crippen LogP contribution is -2.49. The number of carboxylic acid groups (broad SMARTS) is 1. The Morgan fingerprint density at radius 2 is 1.81 bits per heavy atom. The summed E-state index contributed by atoms with van der Waals surface area (Å²) in [5, 5.41) is 13.3. The minimum absolute atomic E-state index is 0.0393. The van der Waals surface area contributed by atoms with Gasteiger partial charge in [-0.3, -0.25) is 5.32 Å². The van der Waals surface area contributed by atoms with Gasteiger partial charge in [0.05, 0.1) is 16.6 Å². The van der Waals surface area contributed by atoms with Crippen LogP contribution in [0.1, 0.15) is 68.8 Å². The van der Waals surface area contributed by atoms with E-state index in [0.717, 1.165) is 35.8 Å². The van der Waals surface area contributed by atoms with Crippen LogP contribution in [-0.4, -0.2) is 48.6 Å². The third-order valence-electron chi connectivity index (χ3n) is 6.39. The number of carbonyl (C=O) groups is 2. The molecule has 4 rings (SSSR count). The number of nitrogens with zero attached hydrogens (tertiary/aromatic N) is 4. The van der Waals surface area contributed by atoms with E-state index in [2.05, 4.69) is 27.1 Å². The van der Waals surface area contributed by atoms with Crippen LogP contribution in [0.2, 0.25) is 0 Å². The molecule has 0 radical (unpaired) electrons. The first-order valence-corrected chi connectivity index (χ1v) is 12.5. The molecule has 31 heavy (non-hydrogen) atoms. The van der Waals surface area contributed by atoms with Crippen LogP contribution in [0.5, 0.6) is 0 Å². The van der Waals surface area contributed by atoms with Crippen molar-refractivity contribution >= 4 is 40.2 Å². The lowest BCUT2D eigenvalue weighted by molar-refractivity contribution is 0.0685. The molecule has 0 spiro atoms. The van der Waals surface area contributed by atoms with Gasteiger partial charge >= 0.3 is 12.0 Å². The lowest BCUT2D eigenvalue weighted by Gasteiger charge is -2.39. The number of rotatable bonds is 6. The maximum absolute atomic E-state index is 13.3. The van der Waals surface area contributed by atoms with Gasteiger partial charge in [-0.25, -0.2) is 19.6 Å². The van der Waals surface area contributed by atoms with E-state index < -0.39 is 5.97 Å². The maximum atomic E-state index is 13.3. The summed E-state index contributed by atoms with van der Waals surface area (Å²) >= 11 is 2.72. The quantitative estimate of drug-likeness (QED) is 0.619. The van der Waals surface area contributed by atoms with Crippen molar-refractivity contribution in [3.8, 4) is 0 Å². The molecule has 2 heterocycles. The van der Waals surface area contributed by atoms with Crippen LogP contribution < -0.4 is 5.32 Å². The predicted molar refractivity (Wildman–Crippen MR) is 121 cm³/mol. The fourth-order valence-corrected chi connectivity index (χ4v) is 6.42. The summed E-state index contributed by atoms with van der Waals surface area (Å²) in [5.74, 6) is -0.265. The van der Waals surface area contributed by atoms with Crippen molar-refractivity contribution in [1.29, 1.82) is 0 Å². The van der Waals surface area contributed by atoms with Crippen LogP contribution in [-0.2, 0) is 7.05 Å². The van der Waals surface area contributed by atoms with Crippen LogP contribution in [0.25, 0.3) is 0 Å². The Balaban J connectivity index is 1.43. The van der Waals surface area contributed by atoms with Gasteiger partial charge in [0.25, 0.3) is 0 Å².